The van der Waals surface area contributed by atoms with Crippen LogP contribution in [0.1, 0.15) is 5.89 Å². The van der Waals surface area contributed by atoms with Gasteiger partial charge < -0.3 is 9.32 Å². The molecule has 1 amide bonds. The summed E-state index contributed by atoms with van der Waals surface area (Å²) in [6.07, 6.45) is 3.07. The van der Waals surface area contributed by atoms with Crippen molar-refractivity contribution in [3.63, 3.8) is 0 Å². The number of likely N-dealkylation sites (N-methyl/N-ethyl adjacent to an activating group) is 1. The smallest absolute Gasteiger partial charge is 0.250 e. The Balaban J connectivity index is 1.56. The number of aromatic nitrogens is 1. The molecule has 0 aliphatic heterocycles. The predicted octanol–water partition coefficient (Wildman–Crippen LogP) is 4.66. The lowest BCUT2D eigenvalue weighted by molar-refractivity contribution is -0.113. The third-order valence-corrected chi connectivity index (χ3v) is 4.13. The highest BCUT2D eigenvalue weighted by molar-refractivity contribution is 6.04. The number of nitrogens with zero attached hydrogens (tertiary/aromatic N) is 2. The van der Waals surface area contributed by atoms with Gasteiger partial charge in [-0.15, -0.1) is 0 Å². The van der Waals surface area contributed by atoms with Crippen LogP contribution in [-0.2, 0) is 4.79 Å². The van der Waals surface area contributed by atoms with E-state index < -0.39 is 0 Å². The maximum absolute atomic E-state index is 12.4. The summed E-state index contributed by atoms with van der Waals surface area (Å²) in [4.78, 5) is 18.4. The normalized spacial score (nSPS) is 11.4. The maximum Gasteiger partial charge on any atom is 0.250 e. The first-order valence-corrected chi connectivity index (χ1v) is 8.01. The molecular formula is C21H16N2O2. The van der Waals surface area contributed by atoms with Crippen molar-refractivity contribution in [2.45, 2.75) is 0 Å². The van der Waals surface area contributed by atoms with Crippen LogP contribution in [0.3, 0.4) is 0 Å². The van der Waals surface area contributed by atoms with Gasteiger partial charge in [0.25, 0.3) is 5.91 Å². The van der Waals surface area contributed by atoms with Crippen LogP contribution < -0.4 is 4.90 Å². The summed E-state index contributed by atoms with van der Waals surface area (Å²) in [7, 11) is 1.75. The highest BCUT2D eigenvalue weighted by Crippen LogP contribution is 2.22. The van der Waals surface area contributed by atoms with E-state index in [1.54, 1.807) is 18.0 Å². The monoisotopic (exact) mass is 328 g/mol. The minimum Gasteiger partial charge on any atom is -0.437 e. The van der Waals surface area contributed by atoms with Crippen LogP contribution in [-0.4, -0.2) is 17.9 Å². The van der Waals surface area contributed by atoms with Gasteiger partial charge in [0, 0.05) is 24.9 Å². The summed E-state index contributed by atoms with van der Waals surface area (Å²) in [5, 5.41) is 2.25. The van der Waals surface area contributed by atoms with Gasteiger partial charge >= 0.3 is 0 Å². The molecule has 3 aromatic carbocycles. The van der Waals surface area contributed by atoms with Crippen LogP contribution >= 0.6 is 0 Å². The van der Waals surface area contributed by atoms with Gasteiger partial charge in [-0.25, -0.2) is 4.98 Å². The molecule has 1 heterocycles. The van der Waals surface area contributed by atoms with E-state index in [9.17, 15) is 4.79 Å². The van der Waals surface area contributed by atoms with Gasteiger partial charge in [-0.1, -0.05) is 42.5 Å². The largest absolute Gasteiger partial charge is 0.437 e. The van der Waals surface area contributed by atoms with Crippen molar-refractivity contribution in [1.29, 1.82) is 0 Å². The van der Waals surface area contributed by atoms with Crippen LogP contribution in [0, 0.1) is 0 Å². The molecule has 0 aliphatic rings. The second kappa shape index (κ2) is 6.24. The molecule has 0 radical (unpaired) electrons. The number of fused-ring (bicyclic) bond motifs is 2. The number of carbonyl (C=O) groups excluding carboxylic acids is 1. The van der Waals surface area contributed by atoms with Crippen molar-refractivity contribution in [3.8, 4) is 0 Å². The molecule has 0 aliphatic carbocycles. The average molecular weight is 328 g/mol. The lowest BCUT2D eigenvalue weighted by Crippen LogP contribution is -2.23. The molecular weight excluding hydrogens is 312 g/mol. The van der Waals surface area contributed by atoms with Crippen molar-refractivity contribution < 1.29 is 9.21 Å². The molecule has 4 rings (SSSR count). The van der Waals surface area contributed by atoms with E-state index in [2.05, 4.69) is 4.98 Å². The highest BCUT2D eigenvalue weighted by Gasteiger charge is 2.09. The molecule has 0 bridgehead atoms. The zero-order chi connectivity index (χ0) is 17.2. The van der Waals surface area contributed by atoms with E-state index in [0.29, 0.717) is 11.5 Å². The first-order chi connectivity index (χ1) is 12.2. The molecule has 0 saturated carbocycles. The summed E-state index contributed by atoms with van der Waals surface area (Å²) < 4.78 is 5.59. The third kappa shape index (κ3) is 3.02. The SMILES string of the molecule is CN(C(=O)C=Cc1nc2ccccc2o1)c1ccc2ccccc2c1. The number of carbonyl (C=O) groups is 1. The quantitative estimate of drug-likeness (QED) is 0.514. The van der Waals surface area contributed by atoms with Crippen molar-refractivity contribution >= 4 is 39.5 Å². The Morgan fingerprint density at radius 1 is 1.00 bits per heavy atom. The molecule has 4 aromatic rings. The number of oxazole rings is 1. The van der Waals surface area contributed by atoms with Gasteiger partial charge in [0.2, 0.25) is 5.89 Å². The van der Waals surface area contributed by atoms with Gasteiger partial charge in [0.15, 0.2) is 5.58 Å². The number of anilines is 1. The van der Waals surface area contributed by atoms with Crippen LogP contribution in [0.15, 0.2) is 77.2 Å². The summed E-state index contributed by atoms with van der Waals surface area (Å²) in [5.74, 6) is 0.277. The van der Waals surface area contributed by atoms with Gasteiger partial charge in [-0.2, -0.15) is 0 Å². The van der Waals surface area contributed by atoms with E-state index in [0.717, 1.165) is 22.0 Å². The molecule has 0 unspecified atom stereocenters. The molecule has 1 aromatic heterocycles. The molecule has 4 nitrogen and oxygen atoms in total. The van der Waals surface area contributed by atoms with E-state index in [-0.39, 0.29) is 5.91 Å². The summed E-state index contributed by atoms with van der Waals surface area (Å²) in [6.45, 7) is 0. The Kier molecular flexibility index (Phi) is 3.78. The summed E-state index contributed by atoms with van der Waals surface area (Å²) in [6, 6.07) is 21.5. The number of hydrogen-bond donors (Lipinski definition) is 0. The first-order valence-electron chi connectivity index (χ1n) is 8.01. The zero-order valence-electron chi connectivity index (χ0n) is 13.7. The Hall–Kier alpha value is -3.40. The second-order valence-electron chi connectivity index (χ2n) is 5.78. The number of rotatable bonds is 3. The Morgan fingerprint density at radius 3 is 2.60 bits per heavy atom. The van der Waals surface area contributed by atoms with Gasteiger partial charge in [-0.05, 0) is 35.0 Å². The molecule has 0 fully saturated rings. The Morgan fingerprint density at radius 2 is 1.76 bits per heavy atom. The third-order valence-electron chi connectivity index (χ3n) is 4.13. The van der Waals surface area contributed by atoms with Gasteiger partial charge in [0.1, 0.15) is 5.52 Å². The lowest BCUT2D eigenvalue weighted by atomic mass is 10.1. The average Bonchev–Trinajstić information content (AvgIpc) is 3.08. The number of amides is 1. The fourth-order valence-electron chi connectivity index (χ4n) is 2.73. The molecule has 4 heteroatoms. The van der Waals surface area contributed by atoms with Gasteiger partial charge in [-0.3, -0.25) is 4.79 Å². The Labute approximate surface area is 145 Å². The predicted molar refractivity (Wildman–Crippen MR) is 100 cm³/mol. The molecule has 122 valence electrons. The number of para-hydroxylation sites is 2. The van der Waals surface area contributed by atoms with Gasteiger partial charge in [0.05, 0.1) is 0 Å². The second-order valence-corrected chi connectivity index (χ2v) is 5.78. The van der Waals surface area contributed by atoms with Crippen LogP contribution in [0.4, 0.5) is 5.69 Å². The fraction of sp³-hybridized carbons (Fsp3) is 0.0476. The number of hydrogen-bond acceptors (Lipinski definition) is 3. The fourth-order valence-corrected chi connectivity index (χ4v) is 2.73. The van der Waals surface area contributed by atoms with E-state index in [4.69, 9.17) is 4.42 Å². The van der Waals surface area contributed by atoms with Crippen molar-refractivity contribution in [3.05, 3.63) is 78.7 Å². The first kappa shape index (κ1) is 15.1. The van der Waals surface area contributed by atoms with Crippen LogP contribution in [0.25, 0.3) is 27.9 Å². The molecule has 0 spiro atoms. The maximum atomic E-state index is 12.4. The van der Waals surface area contributed by atoms with E-state index in [1.807, 2.05) is 66.7 Å². The zero-order valence-corrected chi connectivity index (χ0v) is 13.7. The van der Waals surface area contributed by atoms with Crippen LogP contribution in [0.5, 0.6) is 0 Å². The summed E-state index contributed by atoms with van der Waals surface area (Å²) in [5.41, 5.74) is 2.32. The van der Waals surface area contributed by atoms with E-state index in [1.165, 1.54) is 6.08 Å². The molecule has 25 heavy (non-hydrogen) atoms. The Bertz CT molecular complexity index is 1060. The van der Waals surface area contributed by atoms with Crippen molar-refractivity contribution in [1.82, 2.24) is 4.98 Å². The molecule has 0 N–H and O–H groups in total. The van der Waals surface area contributed by atoms with Crippen molar-refractivity contribution in [2.75, 3.05) is 11.9 Å². The van der Waals surface area contributed by atoms with Crippen molar-refractivity contribution in [2.24, 2.45) is 0 Å². The minimum absolute atomic E-state index is 0.141. The lowest BCUT2D eigenvalue weighted by Gasteiger charge is -2.15. The summed E-state index contributed by atoms with van der Waals surface area (Å²) >= 11 is 0. The van der Waals surface area contributed by atoms with E-state index >= 15 is 0 Å². The van der Waals surface area contributed by atoms with Crippen LogP contribution in [0.2, 0.25) is 0 Å². The standard InChI is InChI=1S/C21H16N2O2/c1-23(17-11-10-15-6-2-3-7-16(15)14-17)21(24)13-12-20-22-18-8-4-5-9-19(18)25-20/h2-14H,1H3. The highest BCUT2D eigenvalue weighted by atomic mass is 16.3. The molecule has 0 atom stereocenters. The minimum atomic E-state index is -0.141. The number of benzene rings is 3. The topological polar surface area (TPSA) is 46.3 Å². The molecule has 0 saturated heterocycles.